The molecule has 0 heterocycles. The van der Waals surface area contributed by atoms with Gasteiger partial charge in [0.2, 0.25) is 6.41 Å². The number of rotatable bonds is 2. The second kappa shape index (κ2) is 3.62. The first-order valence-electron chi connectivity index (χ1n) is 3.39. The monoisotopic (exact) mass is 159 g/mol. The van der Waals surface area contributed by atoms with E-state index in [4.69, 9.17) is 11.6 Å². The molecule has 1 aliphatic carbocycles. The molecule has 0 saturated carbocycles. The lowest BCUT2D eigenvalue weighted by molar-refractivity contribution is -0.109. The van der Waals surface area contributed by atoms with Crippen LogP contribution in [0.3, 0.4) is 0 Å². The maximum atomic E-state index is 10.00. The molecular formula is C7H10ClNO. The average molecular weight is 160 g/mol. The molecule has 0 aromatic rings. The second-order valence-electron chi connectivity index (χ2n) is 2.40. The minimum absolute atomic E-state index is 0.166. The molecule has 0 aromatic heterocycles. The SMILES string of the molecule is O=CNC1C=C(Cl)CCC1. The van der Waals surface area contributed by atoms with Crippen LogP contribution < -0.4 is 5.32 Å². The zero-order valence-corrected chi connectivity index (χ0v) is 6.40. The molecule has 0 fully saturated rings. The van der Waals surface area contributed by atoms with Gasteiger partial charge < -0.3 is 5.32 Å². The van der Waals surface area contributed by atoms with Crippen LogP contribution in [0.4, 0.5) is 0 Å². The van der Waals surface area contributed by atoms with E-state index in [9.17, 15) is 4.79 Å². The van der Waals surface area contributed by atoms with Gasteiger partial charge in [-0.1, -0.05) is 11.6 Å². The number of hydrogen-bond acceptors (Lipinski definition) is 1. The molecule has 1 unspecified atom stereocenters. The second-order valence-corrected chi connectivity index (χ2v) is 2.88. The van der Waals surface area contributed by atoms with Gasteiger partial charge in [-0.3, -0.25) is 4.79 Å². The number of hydrogen-bond donors (Lipinski definition) is 1. The van der Waals surface area contributed by atoms with Crippen LogP contribution in [0.15, 0.2) is 11.1 Å². The lowest BCUT2D eigenvalue weighted by atomic mass is 10.0. The van der Waals surface area contributed by atoms with E-state index in [1.165, 1.54) is 0 Å². The Bertz CT molecular complexity index is 156. The van der Waals surface area contributed by atoms with Gasteiger partial charge in [0.15, 0.2) is 0 Å². The molecule has 0 spiro atoms. The fraction of sp³-hybridized carbons (Fsp3) is 0.571. The standard InChI is InChI=1S/C7H10ClNO/c8-6-2-1-3-7(4-6)9-5-10/h4-5,7H,1-3H2,(H,9,10). The Kier molecular flexibility index (Phi) is 2.75. The fourth-order valence-electron chi connectivity index (χ4n) is 1.09. The van der Waals surface area contributed by atoms with Crippen molar-refractivity contribution in [2.75, 3.05) is 0 Å². The predicted molar refractivity (Wildman–Crippen MR) is 40.8 cm³/mol. The van der Waals surface area contributed by atoms with Gasteiger partial charge in [-0.25, -0.2) is 0 Å². The zero-order valence-electron chi connectivity index (χ0n) is 5.64. The molecule has 0 radical (unpaired) electrons. The van der Waals surface area contributed by atoms with Gasteiger partial charge in [-0.15, -0.1) is 0 Å². The maximum Gasteiger partial charge on any atom is 0.207 e. The van der Waals surface area contributed by atoms with E-state index in [0.717, 1.165) is 30.7 Å². The maximum absolute atomic E-state index is 10.00. The highest BCUT2D eigenvalue weighted by molar-refractivity contribution is 6.29. The lowest BCUT2D eigenvalue weighted by Crippen LogP contribution is -2.27. The molecule has 10 heavy (non-hydrogen) atoms. The van der Waals surface area contributed by atoms with Crippen LogP contribution in [0.1, 0.15) is 19.3 Å². The van der Waals surface area contributed by atoms with Crippen LogP contribution in [-0.2, 0) is 4.79 Å². The molecule has 1 aliphatic rings. The van der Waals surface area contributed by atoms with Crippen LogP contribution in [0.2, 0.25) is 0 Å². The fourth-order valence-corrected chi connectivity index (χ4v) is 1.38. The molecule has 1 N–H and O–H groups in total. The van der Waals surface area contributed by atoms with Gasteiger partial charge >= 0.3 is 0 Å². The Balaban J connectivity index is 2.45. The van der Waals surface area contributed by atoms with E-state index in [0.29, 0.717) is 0 Å². The molecule has 0 aliphatic heterocycles. The van der Waals surface area contributed by atoms with Crippen molar-refractivity contribution in [2.24, 2.45) is 0 Å². The first-order chi connectivity index (χ1) is 4.83. The molecule has 1 atom stereocenters. The van der Waals surface area contributed by atoms with E-state index in [1.807, 2.05) is 6.08 Å². The highest BCUT2D eigenvalue weighted by Crippen LogP contribution is 2.20. The van der Waals surface area contributed by atoms with Crippen molar-refractivity contribution in [2.45, 2.75) is 25.3 Å². The summed E-state index contributed by atoms with van der Waals surface area (Å²) in [6, 6.07) is 0.166. The van der Waals surface area contributed by atoms with Gasteiger partial charge in [0.05, 0.1) is 0 Å². The van der Waals surface area contributed by atoms with Gasteiger partial charge in [0.1, 0.15) is 0 Å². The number of carbonyl (C=O) groups excluding carboxylic acids is 1. The molecule has 56 valence electrons. The summed E-state index contributed by atoms with van der Waals surface area (Å²) in [5.74, 6) is 0. The summed E-state index contributed by atoms with van der Waals surface area (Å²) in [6.07, 6.45) is 5.66. The summed E-state index contributed by atoms with van der Waals surface area (Å²) < 4.78 is 0. The number of allylic oxidation sites excluding steroid dienone is 1. The Morgan fingerprint density at radius 3 is 3.20 bits per heavy atom. The quantitative estimate of drug-likeness (QED) is 0.607. The van der Waals surface area contributed by atoms with Gasteiger partial charge in [-0.2, -0.15) is 0 Å². The van der Waals surface area contributed by atoms with E-state index >= 15 is 0 Å². The van der Waals surface area contributed by atoms with Crippen molar-refractivity contribution < 1.29 is 4.79 Å². The summed E-state index contributed by atoms with van der Waals surface area (Å²) in [7, 11) is 0. The van der Waals surface area contributed by atoms with E-state index in [-0.39, 0.29) is 6.04 Å². The molecule has 2 nitrogen and oxygen atoms in total. The van der Waals surface area contributed by atoms with E-state index in [2.05, 4.69) is 5.32 Å². The summed E-state index contributed by atoms with van der Waals surface area (Å²) in [5, 5.41) is 3.54. The summed E-state index contributed by atoms with van der Waals surface area (Å²) in [6.45, 7) is 0. The minimum atomic E-state index is 0.166. The third kappa shape index (κ3) is 2.03. The number of amides is 1. The molecule has 1 amide bonds. The number of halogens is 1. The van der Waals surface area contributed by atoms with Crippen LogP contribution in [-0.4, -0.2) is 12.5 Å². The normalized spacial score (nSPS) is 25.3. The Labute approximate surface area is 65.2 Å². The van der Waals surface area contributed by atoms with Crippen molar-refractivity contribution in [3.63, 3.8) is 0 Å². The molecule has 1 rings (SSSR count). The Morgan fingerprint density at radius 2 is 2.60 bits per heavy atom. The lowest BCUT2D eigenvalue weighted by Gasteiger charge is -2.16. The third-order valence-corrected chi connectivity index (χ3v) is 1.91. The molecular weight excluding hydrogens is 150 g/mol. The Hall–Kier alpha value is -0.500. The third-order valence-electron chi connectivity index (χ3n) is 1.59. The smallest absolute Gasteiger partial charge is 0.207 e. The van der Waals surface area contributed by atoms with Crippen molar-refractivity contribution in [1.29, 1.82) is 0 Å². The van der Waals surface area contributed by atoms with Crippen LogP contribution >= 0.6 is 11.6 Å². The number of carbonyl (C=O) groups is 1. The average Bonchev–Trinajstić information content (AvgIpc) is 1.88. The first kappa shape index (κ1) is 7.61. The zero-order chi connectivity index (χ0) is 7.40. The van der Waals surface area contributed by atoms with E-state index in [1.54, 1.807) is 0 Å². The van der Waals surface area contributed by atoms with Gasteiger partial charge in [0, 0.05) is 11.1 Å². The topological polar surface area (TPSA) is 29.1 Å². The molecule has 3 heteroatoms. The number of nitrogens with one attached hydrogen (secondary N) is 1. The summed E-state index contributed by atoms with van der Waals surface area (Å²) >= 11 is 5.75. The minimum Gasteiger partial charge on any atom is -0.352 e. The van der Waals surface area contributed by atoms with Crippen molar-refractivity contribution in [3.05, 3.63) is 11.1 Å². The Morgan fingerprint density at radius 1 is 1.80 bits per heavy atom. The molecule has 0 saturated heterocycles. The highest BCUT2D eigenvalue weighted by atomic mass is 35.5. The van der Waals surface area contributed by atoms with Crippen molar-refractivity contribution >= 4 is 18.0 Å². The van der Waals surface area contributed by atoms with Crippen LogP contribution in [0.5, 0.6) is 0 Å². The van der Waals surface area contributed by atoms with E-state index < -0.39 is 0 Å². The molecule has 0 aromatic carbocycles. The first-order valence-corrected chi connectivity index (χ1v) is 3.76. The highest BCUT2D eigenvalue weighted by Gasteiger charge is 2.10. The van der Waals surface area contributed by atoms with Gasteiger partial charge in [0.25, 0.3) is 0 Å². The van der Waals surface area contributed by atoms with Crippen LogP contribution in [0.25, 0.3) is 0 Å². The summed E-state index contributed by atoms with van der Waals surface area (Å²) in [4.78, 5) is 10.00. The van der Waals surface area contributed by atoms with Crippen molar-refractivity contribution in [3.8, 4) is 0 Å². The van der Waals surface area contributed by atoms with Gasteiger partial charge in [-0.05, 0) is 25.3 Å². The van der Waals surface area contributed by atoms with Crippen LogP contribution in [0, 0.1) is 0 Å². The summed E-state index contributed by atoms with van der Waals surface area (Å²) in [5.41, 5.74) is 0. The molecule has 0 bridgehead atoms. The van der Waals surface area contributed by atoms with Crippen molar-refractivity contribution in [1.82, 2.24) is 5.32 Å². The largest absolute Gasteiger partial charge is 0.352 e. The predicted octanol–water partition coefficient (Wildman–Crippen LogP) is 1.41.